The topological polar surface area (TPSA) is 47.3 Å². The van der Waals surface area contributed by atoms with Gasteiger partial charge in [-0.3, -0.25) is 11.3 Å². The van der Waals surface area contributed by atoms with Crippen molar-refractivity contribution in [2.24, 2.45) is 11.8 Å². The molecule has 0 heterocycles. The van der Waals surface area contributed by atoms with E-state index in [1.165, 1.54) is 12.1 Å². The van der Waals surface area contributed by atoms with E-state index in [2.05, 4.69) is 24.0 Å². The number of alkyl halides is 3. The van der Waals surface area contributed by atoms with E-state index in [0.29, 0.717) is 12.3 Å². The molecular weight excluding hydrogens is 269 g/mol. The predicted octanol–water partition coefficient (Wildman–Crippen LogP) is 3.40. The van der Waals surface area contributed by atoms with Crippen LogP contribution in [0.5, 0.6) is 5.75 Å². The van der Waals surface area contributed by atoms with Gasteiger partial charge in [-0.05, 0) is 42.9 Å². The van der Waals surface area contributed by atoms with E-state index in [0.717, 1.165) is 18.4 Å². The van der Waals surface area contributed by atoms with Crippen molar-refractivity contribution in [3.05, 3.63) is 29.8 Å². The van der Waals surface area contributed by atoms with E-state index >= 15 is 0 Å². The maximum absolute atomic E-state index is 12.0. The highest BCUT2D eigenvalue weighted by Gasteiger charge is 2.30. The number of hydrogen-bond donors (Lipinski definition) is 2. The molecule has 1 aromatic rings. The number of hydrogen-bond acceptors (Lipinski definition) is 3. The summed E-state index contributed by atoms with van der Waals surface area (Å²) in [6.07, 6.45) is -2.01. The second-order valence-corrected chi connectivity index (χ2v) is 5.23. The van der Waals surface area contributed by atoms with Crippen LogP contribution in [0.1, 0.15) is 32.3 Å². The predicted molar refractivity (Wildman–Crippen MR) is 72.0 cm³/mol. The number of benzene rings is 1. The van der Waals surface area contributed by atoms with Crippen LogP contribution in [0.15, 0.2) is 24.3 Å². The summed E-state index contributed by atoms with van der Waals surface area (Å²) in [6.45, 7) is 4.27. The van der Waals surface area contributed by atoms with Crippen molar-refractivity contribution in [3.63, 3.8) is 0 Å². The molecule has 0 aliphatic carbocycles. The molecule has 0 aliphatic rings. The highest BCUT2D eigenvalue weighted by molar-refractivity contribution is 5.27. The maximum Gasteiger partial charge on any atom is 0.573 e. The van der Waals surface area contributed by atoms with Crippen LogP contribution < -0.4 is 16.0 Å². The zero-order valence-corrected chi connectivity index (χ0v) is 11.7. The molecule has 3 N–H and O–H groups in total. The Morgan fingerprint density at radius 2 is 1.75 bits per heavy atom. The minimum Gasteiger partial charge on any atom is -0.406 e. The number of nitrogens with one attached hydrogen (secondary N) is 1. The Balaban J connectivity index is 2.55. The average Bonchev–Trinajstić information content (AvgIpc) is 2.34. The lowest BCUT2D eigenvalue weighted by atomic mass is 9.98. The summed E-state index contributed by atoms with van der Waals surface area (Å²) in [7, 11) is 0. The molecule has 1 rings (SSSR count). The van der Waals surface area contributed by atoms with Crippen LogP contribution in [0, 0.1) is 5.92 Å². The number of ether oxygens (including phenoxy) is 1. The summed E-state index contributed by atoms with van der Waals surface area (Å²) in [5.74, 6) is 5.88. The van der Waals surface area contributed by atoms with Crippen LogP contribution in [0.25, 0.3) is 0 Å². The van der Waals surface area contributed by atoms with E-state index < -0.39 is 6.36 Å². The molecule has 0 bridgehead atoms. The van der Waals surface area contributed by atoms with Gasteiger partial charge in [0.2, 0.25) is 0 Å². The second-order valence-electron chi connectivity index (χ2n) is 5.23. The maximum atomic E-state index is 12.0. The normalized spacial score (nSPS) is 13.6. The molecule has 0 spiro atoms. The zero-order chi connectivity index (χ0) is 15.2. The van der Waals surface area contributed by atoms with Crippen molar-refractivity contribution in [1.29, 1.82) is 0 Å². The van der Waals surface area contributed by atoms with Crippen molar-refractivity contribution in [2.75, 3.05) is 0 Å². The van der Waals surface area contributed by atoms with E-state index in [9.17, 15) is 13.2 Å². The number of hydrazine groups is 1. The number of nitrogens with two attached hydrogens (primary N) is 1. The van der Waals surface area contributed by atoms with E-state index in [4.69, 9.17) is 5.84 Å². The Hall–Kier alpha value is -1.27. The molecule has 0 saturated heterocycles. The summed E-state index contributed by atoms with van der Waals surface area (Å²) in [4.78, 5) is 0. The molecule has 1 unspecified atom stereocenters. The highest BCUT2D eigenvalue weighted by Crippen LogP contribution is 2.23. The van der Waals surface area contributed by atoms with Crippen molar-refractivity contribution in [2.45, 2.75) is 45.5 Å². The van der Waals surface area contributed by atoms with E-state index in [-0.39, 0.29) is 11.8 Å². The fourth-order valence-electron chi connectivity index (χ4n) is 1.89. The Labute approximate surface area is 117 Å². The minimum absolute atomic E-state index is 0.117. The molecule has 20 heavy (non-hydrogen) atoms. The SMILES string of the molecule is CC(C)CCC(Cc1ccc(OC(F)(F)F)cc1)NN. The molecule has 3 nitrogen and oxygen atoms in total. The van der Waals surface area contributed by atoms with Crippen molar-refractivity contribution >= 4 is 0 Å². The molecule has 114 valence electrons. The zero-order valence-electron chi connectivity index (χ0n) is 11.7. The third-order valence-corrected chi connectivity index (χ3v) is 2.97. The van der Waals surface area contributed by atoms with Crippen LogP contribution in [-0.2, 0) is 6.42 Å². The molecule has 0 amide bonds. The monoisotopic (exact) mass is 290 g/mol. The quantitative estimate of drug-likeness (QED) is 0.597. The third-order valence-electron chi connectivity index (χ3n) is 2.97. The standard InChI is InChI=1S/C14H21F3N2O/c1-10(2)3-6-12(19-18)9-11-4-7-13(8-5-11)20-14(15,16)17/h4-5,7-8,10,12,19H,3,6,9,18H2,1-2H3. The van der Waals surface area contributed by atoms with Crippen molar-refractivity contribution < 1.29 is 17.9 Å². The van der Waals surface area contributed by atoms with Crippen LogP contribution in [-0.4, -0.2) is 12.4 Å². The van der Waals surface area contributed by atoms with Gasteiger partial charge >= 0.3 is 6.36 Å². The summed E-state index contributed by atoms with van der Waals surface area (Å²) >= 11 is 0. The Bertz CT molecular complexity index is 390. The fraction of sp³-hybridized carbons (Fsp3) is 0.571. The summed E-state index contributed by atoms with van der Waals surface area (Å²) in [6, 6.07) is 6.01. The molecule has 6 heteroatoms. The van der Waals surface area contributed by atoms with E-state index in [1.54, 1.807) is 12.1 Å². The Morgan fingerprint density at radius 3 is 2.20 bits per heavy atom. The molecule has 0 aromatic heterocycles. The summed E-state index contributed by atoms with van der Waals surface area (Å²) in [5, 5.41) is 0. The first-order valence-corrected chi connectivity index (χ1v) is 6.61. The molecular formula is C14H21F3N2O. The lowest BCUT2D eigenvalue weighted by Gasteiger charge is -2.17. The first-order chi connectivity index (χ1) is 9.30. The van der Waals surface area contributed by atoms with Gasteiger partial charge in [-0.25, -0.2) is 0 Å². The van der Waals surface area contributed by atoms with E-state index in [1.807, 2.05) is 0 Å². The number of rotatable bonds is 7. The summed E-state index contributed by atoms with van der Waals surface area (Å²) < 4.78 is 39.9. The van der Waals surface area contributed by atoms with Gasteiger partial charge in [0.15, 0.2) is 0 Å². The molecule has 1 aromatic carbocycles. The average molecular weight is 290 g/mol. The molecule has 0 fully saturated rings. The Kier molecular flexibility index (Phi) is 6.29. The molecule has 0 saturated carbocycles. The minimum atomic E-state index is -4.65. The van der Waals surface area contributed by atoms with Gasteiger partial charge < -0.3 is 4.74 Å². The first kappa shape index (κ1) is 16.8. The van der Waals surface area contributed by atoms with Gasteiger partial charge in [0.25, 0.3) is 0 Å². The lowest BCUT2D eigenvalue weighted by molar-refractivity contribution is -0.274. The lowest BCUT2D eigenvalue weighted by Crippen LogP contribution is -2.37. The van der Waals surface area contributed by atoms with Crippen LogP contribution in [0.2, 0.25) is 0 Å². The fourth-order valence-corrected chi connectivity index (χ4v) is 1.89. The number of halogens is 3. The van der Waals surface area contributed by atoms with Gasteiger partial charge in [0.1, 0.15) is 5.75 Å². The van der Waals surface area contributed by atoms with Gasteiger partial charge in [-0.15, -0.1) is 13.2 Å². The highest BCUT2D eigenvalue weighted by atomic mass is 19.4. The van der Waals surface area contributed by atoms with Crippen LogP contribution in [0.3, 0.4) is 0 Å². The summed E-state index contributed by atoms with van der Waals surface area (Å²) in [5.41, 5.74) is 3.67. The van der Waals surface area contributed by atoms with Crippen molar-refractivity contribution in [1.82, 2.24) is 5.43 Å². The first-order valence-electron chi connectivity index (χ1n) is 6.61. The third kappa shape index (κ3) is 6.77. The Morgan fingerprint density at radius 1 is 1.15 bits per heavy atom. The second kappa shape index (κ2) is 7.50. The van der Waals surface area contributed by atoms with Crippen LogP contribution >= 0.6 is 0 Å². The smallest absolute Gasteiger partial charge is 0.406 e. The van der Waals surface area contributed by atoms with Crippen LogP contribution in [0.4, 0.5) is 13.2 Å². The molecule has 0 aliphatic heterocycles. The molecule has 1 atom stereocenters. The van der Waals surface area contributed by atoms with Crippen molar-refractivity contribution in [3.8, 4) is 5.75 Å². The van der Waals surface area contributed by atoms with Gasteiger partial charge in [0.05, 0.1) is 0 Å². The van der Waals surface area contributed by atoms with Gasteiger partial charge in [-0.2, -0.15) is 0 Å². The van der Waals surface area contributed by atoms with Gasteiger partial charge in [-0.1, -0.05) is 26.0 Å². The largest absolute Gasteiger partial charge is 0.573 e. The molecule has 0 radical (unpaired) electrons. The van der Waals surface area contributed by atoms with Gasteiger partial charge in [0, 0.05) is 6.04 Å².